The number of amides is 1. The Balaban J connectivity index is 1.97. The van der Waals surface area contributed by atoms with Crippen LogP contribution in [-0.4, -0.2) is 11.1 Å². The molecule has 0 spiro atoms. The number of hydrogen-bond donors (Lipinski definition) is 1. The summed E-state index contributed by atoms with van der Waals surface area (Å²) in [6.45, 7) is 5.76. The summed E-state index contributed by atoms with van der Waals surface area (Å²) in [6.07, 6.45) is 0. The number of aromatic nitrogens is 1. The second-order valence-electron chi connectivity index (χ2n) is 5.53. The predicted molar refractivity (Wildman–Crippen MR) is 90.5 cm³/mol. The van der Waals surface area contributed by atoms with Crippen LogP contribution in [0.3, 0.4) is 0 Å². The molecule has 0 unspecified atom stereocenters. The molecule has 1 amide bonds. The maximum Gasteiger partial charge on any atom is 0.261 e. The van der Waals surface area contributed by atoms with E-state index in [1.807, 2.05) is 62.4 Å². The van der Waals surface area contributed by atoms with Crippen LogP contribution in [0.2, 0.25) is 0 Å². The maximum atomic E-state index is 12.7. The number of hydrogen-bond acceptors (Lipinski definition) is 3. The lowest BCUT2D eigenvalue weighted by Crippen LogP contribution is -2.14. The van der Waals surface area contributed by atoms with Crippen molar-refractivity contribution in [3.05, 3.63) is 71.0 Å². The molecule has 1 heterocycles. The van der Waals surface area contributed by atoms with E-state index >= 15 is 0 Å². The average Bonchev–Trinajstić information content (AvgIpc) is 2.94. The molecular weight excluding hydrogens is 288 g/mol. The van der Waals surface area contributed by atoms with Crippen LogP contribution in [0.4, 0.5) is 5.69 Å². The average molecular weight is 306 g/mol. The van der Waals surface area contributed by atoms with Crippen molar-refractivity contribution in [1.29, 1.82) is 0 Å². The number of nitrogens with one attached hydrogen (secondary N) is 1. The Morgan fingerprint density at radius 1 is 1.00 bits per heavy atom. The second kappa shape index (κ2) is 6.08. The van der Waals surface area contributed by atoms with Gasteiger partial charge < -0.3 is 9.84 Å². The van der Waals surface area contributed by atoms with Crippen LogP contribution in [0.15, 0.2) is 53.1 Å². The van der Waals surface area contributed by atoms with Crippen molar-refractivity contribution in [3.63, 3.8) is 0 Å². The normalized spacial score (nSPS) is 10.6. The summed E-state index contributed by atoms with van der Waals surface area (Å²) < 4.78 is 5.25. The minimum absolute atomic E-state index is 0.212. The molecule has 3 rings (SSSR count). The number of carbonyl (C=O) groups excluding carboxylic acids is 1. The van der Waals surface area contributed by atoms with E-state index < -0.39 is 0 Å². The van der Waals surface area contributed by atoms with Gasteiger partial charge in [0.15, 0.2) is 0 Å². The largest absolute Gasteiger partial charge is 0.360 e. The van der Waals surface area contributed by atoms with E-state index in [1.54, 1.807) is 6.92 Å². The second-order valence-corrected chi connectivity index (χ2v) is 5.53. The summed E-state index contributed by atoms with van der Waals surface area (Å²) in [5, 5.41) is 7.02. The Kier molecular flexibility index (Phi) is 3.98. The molecule has 0 saturated carbocycles. The molecule has 1 N–H and O–H groups in total. The molecule has 0 bridgehead atoms. The van der Waals surface area contributed by atoms with Gasteiger partial charge >= 0.3 is 0 Å². The molecule has 0 aliphatic heterocycles. The van der Waals surface area contributed by atoms with Gasteiger partial charge in [-0.1, -0.05) is 47.6 Å². The predicted octanol–water partition coefficient (Wildman–Crippen LogP) is 4.52. The van der Waals surface area contributed by atoms with Crippen LogP contribution < -0.4 is 5.32 Å². The smallest absolute Gasteiger partial charge is 0.261 e. The Morgan fingerprint density at radius 3 is 2.48 bits per heavy atom. The minimum atomic E-state index is -0.212. The molecule has 23 heavy (non-hydrogen) atoms. The highest BCUT2D eigenvalue weighted by atomic mass is 16.5. The van der Waals surface area contributed by atoms with E-state index in [9.17, 15) is 4.79 Å². The zero-order chi connectivity index (χ0) is 16.4. The van der Waals surface area contributed by atoms with E-state index in [2.05, 4.69) is 10.5 Å². The fourth-order valence-corrected chi connectivity index (χ4v) is 2.50. The summed E-state index contributed by atoms with van der Waals surface area (Å²) in [5.74, 6) is 0.294. The molecule has 2 aromatic carbocycles. The summed E-state index contributed by atoms with van der Waals surface area (Å²) in [6, 6.07) is 15.4. The van der Waals surface area contributed by atoms with Crippen LogP contribution in [0.1, 0.15) is 27.2 Å². The van der Waals surface area contributed by atoms with Crippen molar-refractivity contribution in [2.45, 2.75) is 20.8 Å². The number of aryl methyl sites for hydroxylation is 2. The lowest BCUT2D eigenvalue weighted by atomic mass is 10.0. The van der Waals surface area contributed by atoms with Gasteiger partial charge in [-0.05, 0) is 38.0 Å². The Labute approximate surface area is 135 Å². The first-order valence-corrected chi connectivity index (χ1v) is 7.47. The number of anilines is 1. The summed E-state index contributed by atoms with van der Waals surface area (Å²) in [5.41, 5.74) is 4.87. The molecule has 0 atom stereocenters. The first kappa shape index (κ1) is 15.0. The van der Waals surface area contributed by atoms with Gasteiger partial charge in [0.25, 0.3) is 5.91 Å². The van der Waals surface area contributed by atoms with E-state index in [0.29, 0.717) is 17.0 Å². The van der Waals surface area contributed by atoms with Gasteiger partial charge in [-0.2, -0.15) is 0 Å². The van der Waals surface area contributed by atoms with Crippen molar-refractivity contribution in [1.82, 2.24) is 5.16 Å². The van der Waals surface area contributed by atoms with Gasteiger partial charge in [0, 0.05) is 11.3 Å². The van der Waals surface area contributed by atoms with Crippen molar-refractivity contribution in [2.75, 3.05) is 5.32 Å². The molecular formula is C19H18N2O2. The van der Waals surface area contributed by atoms with Gasteiger partial charge in [-0.3, -0.25) is 4.79 Å². The molecule has 1 aromatic heterocycles. The van der Waals surface area contributed by atoms with Crippen LogP contribution in [0.25, 0.3) is 11.3 Å². The minimum Gasteiger partial charge on any atom is -0.360 e. The fraction of sp³-hybridized carbons (Fsp3) is 0.158. The SMILES string of the molecule is Cc1cccc(NC(=O)c2c(-c3ccccc3)noc2C)c1C. The third-order valence-electron chi connectivity index (χ3n) is 3.99. The monoisotopic (exact) mass is 306 g/mol. The van der Waals surface area contributed by atoms with E-state index in [-0.39, 0.29) is 5.91 Å². The molecule has 4 heteroatoms. The fourth-order valence-electron chi connectivity index (χ4n) is 2.50. The number of carbonyl (C=O) groups is 1. The molecule has 0 saturated heterocycles. The lowest BCUT2D eigenvalue weighted by Gasteiger charge is -2.10. The maximum absolute atomic E-state index is 12.7. The van der Waals surface area contributed by atoms with Crippen LogP contribution >= 0.6 is 0 Å². The molecule has 116 valence electrons. The first-order valence-electron chi connectivity index (χ1n) is 7.47. The van der Waals surface area contributed by atoms with E-state index in [4.69, 9.17) is 4.52 Å². The highest BCUT2D eigenvalue weighted by molar-refractivity contribution is 6.09. The van der Waals surface area contributed by atoms with Crippen molar-refractivity contribution in [2.24, 2.45) is 0 Å². The molecule has 4 nitrogen and oxygen atoms in total. The highest BCUT2D eigenvalue weighted by Crippen LogP contribution is 2.27. The molecule has 3 aromatic rings. The van der Waals surface area contributed by atoms with Crippen molar-refractivity contribution in [3.8, 4) is 11.3 Å². The summed E-state index contributed by atoms with van der Waals surface area (Å²) in [4.78, 5) is 12.7. The van der Waals surface area contributed by atoms with Gasteiger partial charge in [0.05, 0.1) is 0 Å². The molecule has 0 fully saturated rings. The lowest BCUT2D eigenvalue weighted by molar-refractivity contribution is 0.102. The highest BCUT2D eigenvalue weighted by Gasteiger charge is 2.22. The van der Waals surface area contributed by atoms with Crippen molar-refractivity contribution < 1.29 is 9.32 Å². The zero-order valence-corrected chi connectivity index (χ0v) is 13.4. The van der Waals surface area contributed by atoms with Crippen LogP contribution in [0.5, 0.6) is 0 Å². The molecule has 0 aliphatic carbocycles. The molecule has 0 aliphatic rings. The summed E-state index contributed by atoms with van der Waals surface area (Å²) >= 11 is 0. The Hall–Kier alpha value is -2.88. The van der Waals surface area contributed by atoms with Gasteiger partial charge in [-0.15, -0.1) is 0 Å². The van der Waals surface area contributed by atoms with Gasteiger partial charge in [0.2, 0.25) is 0 Å². The first-order chi connectivity index (χ1) is 11.1. The Bertz CT molecular complexity index is 851. The van der Waals surface area contributed by atoms with Crippen LogP contribution in [-0.2, 0) is 0 Å². The third kappa shape index (κ3) is 2.88. The van der Waals surface area contributed by atoms with E-state index in [0.717, 1.165) is 22.4 Å². The van der Waals surface area contributed by atoms with Crippen LogP contribution in [0, 0.1) is 20.8 Å². The number of rotatable bonds is 3. The topological polar surface area (TPSA) is 55.1 Å². The number of benzene rings is 2. The quantitative estimate of drug-likeness (QED) is 0.774. The zero-order valence-electron chi connectivity index (χ0n) is 13.4. The van der Waals surface area contributed by atoms with Crippen molar-refractivity contribution >= 4 is 11.6 Å². The molecule has 0 radical (unpaired) electrons. The van der Waals surface area contributed by atoms with Gasteiger partial charge in [-0.25, -0.2) is 0 Å². The van der Waals surface area contributed by atoms with E-state index in [1.165, 1.54) is 0 Å². The Morgan fingerprint density at radius 2 is 1.74 bits per heavy atom. The summed E-state index contributed by atoms with van der Waals surface area (Å²) in [7, 11) is 0. The third-order valence-corrected chi connectivity index (χ3v) is 3.99. The standard InChI is InChI=1S/C19H18N2O2/c1-12-8-7-11-16(13(12)2)20-19(22)17-14(3)23-21-18(17)15-9-5-4-6-10-15/h4-11H,1-3H3,(H,20,22). The number of nitrogens with zero attached hydrogens (tertiary/aromatic N) is 1. The van der Waals surface area contributed by atoms with Gasteiger partial charge in [0.1, 0.15) is 17.0 Å².